The van der Waals surface area contributed by atoms with Crippen LogP contribution in [0.3, 0.4) is 0 Å². The molecule has 1 aliphatic heterocycles. The number of furan rings is 1. The third kappa shape index (κ3) is 3.13. The Labute approximate surface area is 110 Å². The van der Waals surface area contributed by atoms with Gasteiger partial charge in [0, 0.05) is 18.2 Å². The van der Waals surface area contributed by atoms with Crippen LogP contribution in [0.2, 0.25) is 0 Å². The van der Waals surface area contributed by atoms with Gasteiger partial charge in [-0.3, -0.25) is 4.90 Å². The summed E-state index contributed by atoms with van der Waals surface area (Å²) in [6.07, 6.45) is 4.27. The largest absolute Gasteiger partial charge is 0.468 e. The number of piperidine rings is 1. The standard InChI is InChI=1S/C14H25N3O/c1-3-17-7-4-13(5-8-17)16(2)11-12-6-9-18-14(12)10-15/h6,9,13H,3-5,7-8,10-11,15H2,1-2H3. The van der Waals surface area contributed by atoms with Crippen LogP contribution in [0.15, 0.2) is 16.7 Å². The average Bonchev–Trinajstić information content (AvgIpc) is 2.86. The summed E-state index contributed by atoms with van der Waals surface area (Å²) < 4.78 is 5.38. The fourth-order valence-electron chi connectivity index (χ4n) is 2.76. The van der Waals surface area contributed by atoms with Crippen molar-refractivity contribution in [1.29, 1.82) is 0 Å². The van der Waals surface area contributed by atoms with Crippen LogP contribution in [-0.4, -0.2) is 42.5 Å². The van der Waals surface area contributed by atoms with E-state index in [-0.39, 0.29) is 0 Å². The molecule has 1 fully saturated rings. The zero-order valence-corrected chi connectivity index (χ0v) is 11.6. The molecule has 102 valence electrons. The lowest BCUT2D eigenvalue weighted by Gasteiger charge is -2.36. The smallest absolute Gasteiger partial charge is 0.121 e. The maximum Gasteiger partial charge on any atom is 0.121 e. The summed E-state index contributed by atoms with van der Waals surface area (Å²) in [6.45, 7) is 7.30. The molecule has 1 aromatic rings. The van der Waals surface area contributed by atoms with Crippen LogP contribution >= 0.6 is 0 Å². The van der Waals surface area contributed by atoms with E-state index in [0.717, 1.165) is 12.3 Å². The molecule has 2 N–H and O–H groups in total. The lowest BCUT2D eigenvalue weighted by atomic mass is 10.0. The van der Waals surface area contributed by atoms with Crippen molar-refractivity contribution in [1.82, 2.24) is 9.80 Å². The van der Waals surface area contributed by atoms with Crippen LogP contribution in [0, 0.1) is 0 Å². The van der Waals surface area contributed by atoms with Crippen LogP contribution in [-0.2, 0) is 13.1 Å². The Morgan fingerprint density at radius 2 is 2.17 bits per heavy atom. The molecule has 18 heavy (non-hydrogen) atoms. The molecule has 1 aromatic heterocycles. The zero-order valence-electron chi connectivity index (χ0n) is 11.6. The molecule has 0 atom stereocenters. The second kappa shape index (κ2) is 6.36. The lowest BCUT2D eigenvalue weighted by Crippen LogP contribution is -2.42. The molecule has 0 spiro atoms. The Balaban J connectivity index is 1.87. The molecule has 0 radical (unpaired) electrons. The number of nitrogens with zero attached hydrogens (tertiary/aromatic N) is 2. The van der Waals surface area contributed by atoms with Gasteiger partial charge in [-0.15, -0.1) is 0 Å². The summed E-state index contributed by atoms with van der Waals surface area (Å²) in [4.78, 5) is 4.96. The predicted octanol–water partition coefficient (Wildman–Crippen LogP) is 1.65. The van der Waals surface area contributed by atoms with Gasteiger partial charge in [0.2, 0.25) is 0 Å². The first-order valence-corrected chi connectivity index (χ1v) is 6.92. The Bertz CT molecular complexity index is 356. The summed E-state index contributed by atoms with van der Waals surface area (Å²) in [7, 11) is 2.21. The highest BCUT2D eigenvalue weighted by Crippen LogP contribution is 2.19. The molecule has 0 unspecified atom stereocenters. The van der Waals surface area contributed by atoms with Crippen molar-refractivity contribution in [3.05, 3.63) is 23.7 Å². The number of likely N-dealkylation sites (tertiary alicyclic amines) is 1. The SMILES string of the molecule is CCN1CCC(N(C)Cc2ccoc2CN)CC1. The second-order valence-electron chi connectivity index (χ2n) is 5.15. The van der Waals surface area contributed by atoms with Crippen molar-refractivity contribution in [3.8, 4) is 0 Å². The van der Waals surface area contributed by atoms with Gasteiger partial charge in [-0.2, -0.15) is 0 Å². The van der Waals surface area contributed by atoms with Crippen molar-refractivity contribution < 1.29 is 4.42 Å². The molecule has 0 saturated carbocycles. The first-order chi connectivity index (χ1) is 8.74. The van der Waals surface area contributed by atoms with Gasteiger partial charge in [0.1, 0.15) is 5.76 Å². The predicted molar refractivity (Wildman–Crippen MR) is 73.2 cm³/mol. The normalized spacial score (nSPS) is 18.7. The van der Waals surface area contributed by atoms with E-state index in [0.29, 0.717) is 12.6 Å². The Hall–Kier alpha value is -0.840. The average molecular weight is 251 g/mol. The molecular formula is C14H25N3O. The van der Waals surface area contributed by atoms with E-state index in [1.54, 1.807) is 6.26 Å². The molecule has 1 aliphatic rings. The second-order valence-corrected chi connectivity index (χ2v) is 5.15. The van der Waals surface area contributed by atoms with Gasteiger partial charge in [-0.05, 0) is 45.6 Å². The Morgan fingerprint density at radius 3 is 2.78 bits per heavy atom. The zero-order chi connectivity index (χ0) is 13.0. The van der Waals surface area contributed by atoms with E-state index in [1.165, 1.54) is 38.0 Å². The summed E-state index contributed by atoms with van der Waals surface area (Å²) in [5, 5.41) is 0. The fourth-order valence-corrected chi connectivity index (χ4v) is 2.76. The van der Waals surface area contributed by atoms with Gasteiger partial charge in [0.05, 0.1) is 12.8 Å². The molecule has 1 saturated heterocycles. The quantitative estimate of drug-likeness (QED) is 0.864. The summed E-state index contributed by atoms with van der Waals surface area (Å²) in [5.41, 5.74) is 6.90. The summed E-state index contributed by atoms with van der Waals surface area (Å²) in [5.74, 6) is 0.924. The Morgan fingerprint density at radius 1 is 1.44 bits per heavy atom. The van der Waals surface area contributed by atoms with Crippen LogP contribution in [0.5, 0.6) is 0 Å². The van der Waals surface area contributed by atoms with E-state index in [9.17, 15) is 0 Å². The molecule has 4 heteroatoms. The maximum atomic E-state index is 5.67. The molecular weight excluding hydrogens is 226 g/mol. The molecule has 2 heterocycles. The lowest BCUT2D eigenvalue weighted by molar-refractivity contribution is 0.126. The fraction of sp³-hybridized carbons (Fsp3) is 0.714. The minimum Gasteiger partial charge on any atom is -0.468 e. The molecule has 2 rings (SSSR count). The molecule has 0 amide bonds. The van der Waals surface area contributed by atoms with Gasteiger partial charge in [0.15, 0.2) is 0 Å². The van der Waals surface area contributed by atoms with E-state index >= 15 is 0 Å². The Kier molecular flexibility index (Phi) is 4.80. The molecule has 4 nitrogen and oxygen atoms in total. The first-order valence-electron chi connectivity index (χ1n) is 6.92. The summed E-state index contributed by atoms with van der Waals surface area (Å²) in [6, 6.07) is 2.73. The summed E-state index contributed by atoms with van der Waals surface area (Å²) >= 11 is 0. The number of nitrogens with two attached hydrogens (primary N) is 1. The van der Waals surface area contributed by atoms with Crippen molar-refractivity contribution >= 4 is 0 Å². The number of hydrogen-bond donors (Lipinski definition) is 1. The maximum absolute atomic E-state index is 5.67. The van der Waals surface area contributed by atoms with Gasteiger partial charge in [-0.1, -0.05) is 6.92 Å². The number of hydrogen-bond acceptors (Lipinski definition) is 4. The van der Waals surface area contributed by atoms with E-state index < -0.39 is 0 Å². The van der Waals surface area contributed by atoms with E-state index in [4.69, 9.17) is 10.2 Å². The monoisotopic (exact) mass is 251 g/mol. The van der Waals surface area contributed by atoms with Crippen molar-refractivity contribution in [2.75, 3.05) is 26.7 Å². The van der Waals surface area contributed by atoms with Gasteiger partial charge >= 0.3 is 0 Å². The number of rotatable bonds is 5. The van der Waals surface area contributed by atoms with Gasteiger partial charge in [0.25, 0.3) is 0 Å². The highest BCUT2D eigenvalue weighted by atomic mass is 16.3. The van der Waals surface area contributed by atoms with Crippen LogP contribution in [0.1, 0.15) is 31.1 Å². The van der Waals surface area contributed by atoms with Gasteiger partial charge < -0.3 is 15.1 Å². The minimum absolute atomic E-state index is 0.491. The molecule has 0 bridgehead atoms. The first kappa shape index (κ1) is 13.6. The third-order valence-electron chi connectivity index (χ3n) is 4.07. The third-order valence-corrected chi connectivity index (χ3v) is 4.07. The van der Waals surface area contributed by atoms with Gasteiger partial charge in [-0.25, -0.2) is 0 Å². The highest BCUT2D eigenvalue weighted by molar-refractivity contribution is 5.16. The minimum atomic E-state index is 0.491. The van der Waals surface area contributed by atoms with Crippen LogP contribution in [0.25, 0.3) is 0 Å². The molecule has 0 aliphatic carbocycles. The van der Waals surface area contributed by atoms with Crippen LogP contribution < -0.4 is 5.73 Å². The van der Waals surface area contributed by atoms with E-state index in [2.05, 4.69) is 23.8 Å². The van der Waals surface area contributed by atoms with E-state index in [1.807, 2.05) is 6.07 Å². The molecule has 0 aromatic carbocycles. The topological polar surface area (TPSA) is 45.6 Å². The van der Waals surface area contributed by atoms with Crippen molar-refractivity contribution in [3.63, 3.8) is 0 Å². The van der Waals surface area contributed by atoms with Crippen LogP contribution in [0.4, 0.5) is 0 Å². The highest BCUT2D eigenvalue weighted by Gasteiger charge is 2.22. The van der Waals surface area contributed by atoms with Crippen molar-refractivity contribution in [2.24, 2.45) is 5.73 Å². The van der Waals surface area contributed by atoms with Crippen molar-refractivity contribution in [2.45, 2.75) is 38.9 Å².